The van der Waals surface area contributed by atoms with Gasteiger partial charge in [-0.1, -0.05) is 20.8 Å². The number of amides is 3. The first-order valence-corrected chi connectivity index (χ1v) is 7.62. The van der Waals surface area contributed by atoms with Crippen LogP contribution in [0, 0.1) is 11.8 Å². The average molecular weight is 329 g/mol. The van der Waals surface area contributed by atoms with Crippen LogP contribution in [0.25, 0.3) is 0 Å². The van der Waals surface area contributed by atoms with Gasteiger partial charge in [0.05, 0.1) is 13.0 Å². The second-order valence-electron chi connectivity index (χ2n) is 5.80. The van der Waals surface area contributed by atoms with Gasteiger partial charge in [0.1, 0.15) is 12.1 Å². The SMILES string of the molecule is CCOC(=O)C[C@H](C)[C@@H](NC(=O)[C@H](NC(C)=O)C(C)C)C(N)=O. The molecule has 0 spiro atoms. The molecule has 0 aliphatic heterocycles. The maximum Gasteiger partial charge on any atom is 0.306 e. The Balaban J connectivity index is 4.97. The predicted molar refractivity (Wildman–Crippen MR) is 84.0 cm³/mol. The Labute approximate surface area is 136 Å². The third kappa shape index (κ3) is 7.62. The Hall–Kier alpha value is -2.12. The van der Waals surface area contributed by atoms with Crippen molar-refractivity contribution in [2.24, 2.45) is 17.6 Å². The van der Waals surface area contributed by atoms with E-state index in [0.29, 0.717) is 0 Å². The molecule has 8 nitrogen and oxygen atoms in total. The van der Waals surface area contributed by atoms with Crippen molar-refractivity contribution < 1.29 is 23.9 Å². The molecule has 0 radical (unpaired) electrons. The van der Waals surface area contributed by atoms with Gasteiger partial charge in [-0.05, 0) is 18.8 Å². The Morgan fingerprint density at radius 3 is 2.00 bits per heavy atom. The van der Waals surface area contributed by atoms with Crippen LogP contribution in [0.4, 0.5) is 0 Å². The summed E-state index contributed by atoms with van der Waals surface area (Å²) in [5, 5.41) is 5.04. The number of hydrogen-bond donors (Lipinski definition) is 3. The highest BCUT2D eigenvalue weighted by Gasteiger charge is 2.31. The van der Waals surface area contributed by atoms with E-state index in [2.05, 4.69) is 10.6 Å². The van der Waals surface area contributed by atoms with E-state index in [-0.39, 0.29) is 24.9 Å². The summed E-state index contributed by atoms with van der Waals surface area (Å²) < 4.78 is 4.82. The molecule has 0 aromatic carbocycles. The monoisotopic (exact) mass is 329 g/mol. The summed E-state index contributed by atoms with van der Waals surface area (Å²) in [6.07, 6.45) is -0.0474. The number of carbonyl (C=O) groups is 4. The fourth-order valence-electron chi connectivity index (χ4n) is 2.09. The van der Waals surface area contributed by atoms with Crippen LogP contribution in [-0.2, 0) is 23.9 Å². The Kier molecular flexibility index (Phi) is 8.90. The van der Waals surface area contributed by atoms with E-state index in [1.165, 1.54) is 6.92 Å². The summed E-state index contributed by atoms with van der Waals surface area (Å²) in [5.41, 5.74) is 5.32. The average Bonchev–Trinajstić information content (AvgIpc) is 2.40. The van der Waals surface area contributed by atoms with Crippen LogP contribution in [0.3, 0.4) is 0 Å². The van der Waals surface area contributed by atoms with E-state index in [4.69, 9.17) is 10.5 Å². The van der Waals surface area contributed by atoms with Crippen LogP contribution in [0.2, 0.25) is 0 Å². The van der Waals surface area contributed by atoms with Gasteiger partial charge in [0.15, 0.2) is 0 Å². The molecule has 0 fully saturated rings. The molecule has 0 saturated carbocycles. The smallest absolute Gasteiger partial charge is 0.306 e. The number of primary amides is 1. The molecule has 132 valence electrons. The predicted octanol–water partition coefficient (Wildman–Crippen LogP) is -0.293. The van der Waals surface area contributed by atoms with Gasteiger partial charge in [0, 0.05) is 6.92 Å². The molecule has 4 N–H and O–H groups in total. The van der Waals surface area contributed by atoms with E-state index in [9.17, 15) is 19.2 Å². The lowest BCUT2D eigenvalue weighted by molar-refractivity contribution is -0.145. The number of carbonyl (C=O) groups excluding carboxylic acids is 4. The van der Waals surface area contributed by atoms with Gasteiger partial charge in [-0.3, -0.25) is 19.2 Å². The van der Waals surface area contributed by atoms with Gasteiger partial charge in [0.2, 0.25) is 17.7 Å². The van der Waals surface area contributed by atoms with Crippen LogP contribution >= 0.6 is 0 Å². The zero-order valence-corrected chi connectivity index (χ0v) is 14.3. The highest BCUT2D eigenvalue weighted by atomic mass is 16.5. The second-order valence-corrected chi connectivity index (χ2v) is 5.80. The zero-order chi connectivity index (χ0) is 18.2. The van der Waals surface area contributed by atoms with Crippen molar-refractivity contribution in [2.75, 3.05) is 6.61 Å². The topological polar surface area (TPSA) is 128 Å². The van der Waals surface area contributed by atoms with Gasteiger partial charge < -0.3 is 21.1 Å². The van der Waals surface area contributed by atoms with Crippen molar-refractivity contribution in [1.29, 1.82) is 0 Å². The van der Waals surface area contributed by atoms with Gasteiger partial charge >= 0.3 is 5.97 Å². The lowest BCUT2D eigenvalue weighted by atomic mass is 9.96. The van der Waals surface area contributed by atoms with Gasteiger partial charge in [-0.25, -0.2) is 0 Å². The molecule has 0 saturated heterocycles. The van der Waals surface area contributed by atoms with E-state index >= 15 is 0 Å². The first kappa shape index (κ1) is 20.9. The molecule has 0 aromatic heterocycles. The minimum Gasteiger partial charge on any atom is -0.466 e. The zero-order valence-electron chi connectivity index (χ0n) is 14.3. The van der Waals surface area contributed by atoms with Crippen molar-refractivity contribution in [3.63, 3.8) is 0 Å². The van der Waals surface area contributed by atoms with Crippen molar-refractivity contribution in [3.05, 3.63) is 0 Å². The summed E-state index contributed by atoms with van der Waals surface area (Å²) >= 11 is 0. The fourth-order valence-corrected chi connectivity index (χ4v) is 2.09. The minimum absolute atomic E-state index is 0.0474. The molecule has 3 atom stereocenters. The first-order chi connectivity index (χ1) is 10.6. The van der Waals surface area contributed by atoms with E-state index in [1.54, 1.807) is 27.7 Å². The molecule has 0 aliphatic rings. The molecule has 0 rings (SSSR count). The highest BCUT2D eigenvalue weighted by Crippen LogP contribution is 2.11. The minimum atomic E-state index is -1.03. The van der Waals surface area contributed by atoms with Crippen molar-refractivity contribution >= 4 is 23.7 Å². The van der Waals surface area contributed by atoms with Gasteiger partial charge in [-0.2, -0.15) is 0 Å². The van der Waals surface area contributed by atoms with Crippen LogP contribution < -0.4 is 16.4 Å². The van der Waals surface area contributed by atoms with Crippen LogP contribution in [0.1, 0.15) is 41.0 Å². The van der Waals surface area contributed by atoms with Crippen molar-refractivity contribution in [3.8, 4) is 0 Å². The number of rotatable bonds is 9. The maximum absolute atomic E-state index is 12.3. The molecular weight excluding hydrogens is 302 g/mol. The Morgan fingerprint density at radius 2 is 1.61 bits per heavy atom. The van der Waals surface area contributed by atoms with Crippen LogP contribution in [0.15, 0.2) is 0 Å². The summed E-state index contributed by atoms with van der Waals surface area (Å²) in [5.74, 6) is -2.79. The van der Waals surface area contributed by atoms with Crippen molar-refractivity contribution in [1.82, 2.24) is 10.6 Å². The third-order valence-electron chi connectivity index (χ3n) is 3.28. The van der Waals surface area contributed by atoms with Gasteiger partial charge in [-0.15, -0.1) is 0 Å². The highest BCUT2D eigenvalue weighted by molar-refractivity contribution is 5.91. The first-order valence-electron chi connectivity index (χ1n) is 7.62. The molecule has 3 amide bonds. The second kappa shape index (κ2) is 9.81. The van der Waals surface area contributed by atoms with Crippen molar-refractivity contribution in [2.45, 2.75) is 53.1 Å². The molecular formula is C15H27N3O5. The number of nitrogens with two attached hydrogens (primary N) is 1. The van der Waals surface area contributed by atoms with E-state index in [0.717, 1.165) is 0 Å². The Bertz CT molecular complexity index is 450. The van der Waals surface area contributed by atoms with Gasteiger partial charge in [0.25, 0.3) is 0 Å². The summed E-state index contributed by atoms with van der Waals surface area (Å²) in [4.78, 5) is 46.6. The maximum atomic E-state index is 12.3. The molecule has 0 heterocycles. The van der Waals surface area contributed by atoms with E-state index < -0.39 is 35.8 Å². The normalized spacial score (nSPS) is 14.5. The van der Waals surface area contributed by atoms with Crippen LogP contribution in [0.5, 0.6) is 0 Å². The lowest BCUT2D eigenvalue weighted by Gasteiger charge is -2.26. The quantitative estimate of drug-likeness (QED) is 0.501. The third-order valence-corrected chi connectivity index (χ3v) is 3.28. The molecule has 8 heteroatoms. The molecule has 0 unspecified atom stereocenters. The molecule has 0 bridgehead atoms. The molecule has 0 aromatic rings. The Morgan fingerprint density at radius 1 is 1.04 bits per heavy atom. The van der Waals surface area contributed by atoms with E-state index in [1.807, 2.05) is 0 Å². The molecule has 23 heavy (non-hydrogen) atoms. The number of ether oxygens (including phenoxy) is 1. The summed E-state index contributed by atoms with van der Waals surface area (Å²) in [7, 11) is 0. The fraction of sp³-hybridized carbons (Fsp3) is 0.733. The number of hydrogen-bond acceptors (Lipinski definition) is 5. The number of nitrogens with one attached hydrogen (secondary N) is 2. The summed E-state index contributed by atoms with van der Waals surface area (Å²) in [6, 6.07) is -1.81. The molecule has 0 aliphatic carbocycles. The standard InChI is InChI=1S/C15H27N3O5/c1-6-23-11(20)7-9(4)13(14(16)21)18-15(22)12(8(2)3)17-10(5)19/h8-9,12-13H,6-7H2,1-5H3,(H2,16,21)(H,17,19)(H,18,22)/t9-,12+,13+/m0/s1. The number of esters is 1. The summed E-state index contributed by atoms with van der Waals surface area (Å²) in [6.45, 7) is 8.36. The van der Waals surface area contributed by atoms with Crippen LogP contribution in [-0.4, -0.2) is 42.4 Å². The lowest BCUT2D eigenvalue weighted by Crippen LogP contribution is -2.56. The largest absolute Gasteiger partial charge is 0.466 e.